The maximum absolute atomic E-state index is 11.6. The number of sulfone groups is 1. The molecule has 1 aromatic carbocycles. The molecule has 0 atom stereocenters. The number of nitrogens with zero attached hydrogens (tertiary/aromatic N) is 2. The molecule has 1 aliphatic rings. The van der Waals surface area contributed by atoms with Gasteiger partial charge in [-0.15, -0.1) is 24.0 Å². The van der Waals surface area contributed by atoms with Crippen LogP contribution in [0.5, 0.6) is 0 Å². The molecular formula is C17H28IN5O4S. The van der Waals surface area contributed by atoms with Crippen molar-refractivity contribution in [1.82, 2.24) is 10.6 Å². The minimum absolute atomic E-state index is 0. The van der Waals surface area contributed by atoms with Gasteiger partial charge < -0.3 is 16.0 Å². The first-order valence-electron chi connectivity index (χ1n) is 9.08. The highest BCUT2D eigenvalue weighted by Crippen LogP contribution is 2.27. The first-order valence-corrected chi connectivity index (χ1v) is 11.0. The summed E-state index contributed by atoms with van der Waals surface area (Å²) in [7, 11) is -3.50. The number of nitrogens with one attached hydrogen (secondary N) is 3. The van der Waals surface area contributed by atoms with Crippen molar-refractivity contribution in [3.8, 4) is 0 Å². The smallest absolute Gasteiger partial charge is 0.293 e. The molecule has 0 aliphatic heterocycles. The average Bonchev–Trinajstić information content (AvgIpc) is 3.10. The lowest BCUT2D eigenvalue weighted by Gasteiger charge is -2.16. The Hall–Kier alpha value is -1.63. The van der Waals surface area contributed by atoms with E-state index in [1.807, 2.05) is 6.92 Å². The van der Waals surface area contributed by atoms with E-state index in [9.17, 15) is 18.5 Å². The van der Waals surface area contributed by atoms with Crippen LogP contribution in [-0.4, -0.2) is 51.2 Å². The van der Waals surface area contributed by atoms with Gasteiger partial charge in [0.1, 0.15) is 5.69 Å². The van der Waals surface area contributed by atoms with Crippen LogP contribution in [0.3, 0.4) is 0 Å². The molecular weight excluding hydrogens is 497 g/mol. The molecule has 9 nitrogen and oxygen atoms in total. The average molecular weight is 525 g/mol. The molecule has 0 saturated heterocycles. The Morgan fingerprint density at radius 3 is 2.57 bits per heavy atom. The highest BCUT2D eigenvalue weighted by Gasteiger charge is 2.18. The zero-order valence-electron chi connectivity index (χ0n) is 16.1. The molecule has 0 aromatic heterocycles. The van der Waals surface area contributed by atoms with E-state index in [-0.39, 0.29) is 40.2 Å². The molecule has 0 spiro atoms. The van der Waals surface area contributed by atoms with Crippen molar-refractivity contribution in [3.63, 3.8) is 0 Å². The molecule has 1 fully saturated rings. The van der Waals surface area contributed by atoms with Crippen LogP contribution < -0.4 is 16.0 Å². The van der Waals surface area contributed by atoms with Crippen LogP contribution in [-0.2, 0) is 9.84 Å². The number of anilines is 1. The zero-order valence-corrected chi connectivity index (χ0v) is 19.2. The quantitative estimate of drug-likeness (QED) is 0.119. The van der Waals surface area contributed by atoms with E-state index in [2.05, 4.69) is 20.9 Å². The number of hydrogen-bond acceptors (Lipinski definition) is 6. The molecule has 11 heteroatoms. The topological polar surface area (TPSA) is 126 Å². The first kappa shape index (κ1) is 24.4. The fourth-order valence-electron chi connectivity index (χ4n) is 2.98. The van der Waals surface area contributed by atoms with Gasteiger partial charge in [-0.25, -0.2) is 8.42 Å². The second-order valence-electron chi connectivity index (χ2n) is 6.52. The molecule has 158 valence electrons. The summed E-state index contributed by atoms with van der Waals surface area (Å²) in [5.74, 6) is 0.744. The lowest BCUT2D eigenvalue weighted by Crippen LogP contribution is -2.42. The van der Waals surface area contributed by atoms with Crippen molar-refractivity contribution in [2.24, 2.45) is 4.99 Å². The molecule has 1 aliphatic carbocycles. The van der Waals surface area contributed by atoms with Gasteiger partial charge in [-0.3, -0.25) is 15.1 Å². The van der Waals surface area contributed by atoms with Gasteiger partial charge in [-0.1, -0.05) is 12.8 Å². The lowest BCUT2D eigenvalue weighted by atomic mass is 10.2. The number of aliphatic imine (C=N–C) groups is 1. The van der Waals surface area contributed by atoms with Crippen LogP contribution in [0.2, 0.25) is 0 Å². The van der Waals surface area contributed by atoms with Gasteiger partial charge in [0.05, 0.1) is 16.4 Å². The molecule has 1 saturated carbocycles. The minimum atomic E-state index is -3.50. The van der Waals surface area contributed by atoms with E-state index < -0.39 is 14.8 Å². The Labute approximate surface area is 182 Å². The van der Waals surface area contributed by atoms with Crippen molar-refractivity contribution in [2.45, 2.75) is 43.5 Å². The normalized spacial score (nSPS) is 15.0. The van der Waals surface area contributed by atoms with Crippen molar-refractivity contribution in [3.05, 3.63) is 28.3 Å². The zero-order chi connectivity index (χ0) is 19.9. The molecule has 3 N–H and O–H groups in total. The highest BCUT2D eigenvalue weighted by atomic mass is 127. The van der Waals surface area contributed by atoms with Gasteiger partial charge in [-0.05, 0) is 31.9 Å². The summed E-state index contributed by atoms with van der Waals surface area (Å²) in [5.41, 5.74) is 0.00856. The Morgan fingerprint density at radius 1 is 1.32 bits per heavy atom. The monoisotopic (exact) mass is 525 g/mol. The maximum Gasteiger partial charge on any atom is 0.293 e. The molecule has 0 heterocycles. The fraction of sp³-hybridized carbons (Fsp3) is 0.588. The fourth-order valence-corrected chi connectivity index (χ4v) is 3.63. The lowest BCUT2D eigenvalue weighted by molar-refractivity contribution is -0.384. The number of nitro groups is 1. The van der Waals surface area contributed by atoms with Gasteiger partial charge in [0.15, 0.2) is 15.8 Å². The van der Waals surface area contributed by atoms with E-state index >= 15 is 0 Å². The summed E-state index contributed by atoms with van der Waals surface area (Å²) < 4.78 is 23.2. The number of rotatable bonds is 8. The molecule has 0 amide bonds. The minimum Gasteiger partial charge on any atom is -0.378 e. The second-order valence-corrected chi connectivity index (χ2v) is 8.54. The Kier molecular flexibility index (Phi) is 9.93. The van der Waals surface area contributed by atoms with Crippen molar-refractivity contribution in [1.29, 1.82) is 0 Å². The van der Waals surface area contributed by atoms with E-state index in [1.165, 1.54) is 25.0 Å². The Bertz CT molecular complexity index is 795. The molecule has 0 radical (unpaired) electrons. The standard InChI is InChI=1S/C17H27N5O4S.HI/c1-3-18-17(21-13-6-4-5-7-13)20-11-10-19-15-9-8-14(27(2,25)26)12-16(15)22(23)24;/h8-9,12-13,19H,3-7,10-11H2,1-2H3,(H2,18,20,21);1H. The molecule has 1 aromatic rings. The number of benzene rings is 1. The van der Waals surface area contributed by atoms with Crippen LogP contribution in [0.25, 0.3) is 0 Å². The summed E-state index contributed by atoms with van der Waals surface area (Å²) in [5, 5.41) is 20.8. The van der Waals surface area contributed by atoms with Crippen molar-refractivity contribution >= 4 is 51.1 Å². The van der Waals surface area contributed by atoms with E-state index in [4.69, 9.17) is 0 Å². The van der Waals surface area contributed by atoms with Crippen LogP contribution in [0.1, 0.15) is 32.6 Å². The van der Waals surface area contributed by atoms with Gasteiger partial charge in [0.25, 0.3) is 5.69 Å². The molecule has 2 rings (SSSR count). The summed E-state index contributed by atoms with van der Waals surface area (Å²) in [6, 6.07) is 4.30. The highest BCUT2D eigenvalue weighted by molar-refractivity contribution is 14.0. The van der Waals surface area contributed by atoms with Crippen LogP contribution in [0.4, 0.5) is 11.4 Å². The number of nitro benzene ring substituents is 1. The third kappa shape index (κ3) is 7.41. The van der Waals surface area contributed by atoms with Gasteiger partial charge >= 0.3 is 0 Å². The number of halogens is 1. The van der Waals surface area contributed by atoms with Gasteiger partial charge in [0.2, 0.25) is 0 Å². The number of hydrogen-bond donors (Lipinski definition) is 3. The van der Waals surface area contributed by atoms with Crippen molar-refractivity contribution in [2.75, 3.05) is 31.2 Å². The van der Waals surface area contributed by atoms with Gasteiger partial charge in [0, 0.05) is 31.5 Å². The van der Waals surface area contributed by atoms with E-state index in [0.717, 1.165) is 37.7 Å². The Morgan fingerprint density at radius 2 is 2.00 bits per heavy atom. The molecule has 0 unspecified atom stereocenters. The van der Waals surface area contributed by atoms with Crippen LogP contribution in [0.15, 0.2) is 28.1 Å². The van der Waals surface area contributed by atoms with Crippen molar-refractivity contribution < 1.29 is 13.3 Å². The third-order valence-corrected chi connectivity index (χ3v) is 5.44. The molecule has 28 heavy (non-hydrogen) atoms. The Balaban J connectivity index is 0.00000392. The maximum atomic E-state index is 11.6. The molecule has 0 bridgehead atoms. The summed E-state index contributed by atoms with van der Waals surface area (Å²) in [6.07, 6.45) is 5.76. The second kappa shape index (κ2) is 11.4. The first-order chi connectivity index (χ1) is 12.8. The number of guanidine groups is 1. The van der Waals surface area contributed by atoms with E-state index in [0.29, 0.717) is 19.1 Å². The van der Waals surface area contributed by atoms with Crippen LogP contribution >= 0.6 is 24.0 Å². The third-order valence-electron chi connectivity index (χ3n) is 4.33. The summed E-state index contributed by atoms with van der Waals surface area (Å²) in [6.45, 7) is 3.56. The predicted octanol–water partition coefficient (Wildman–Crippen LogP) is 2.53. The summed E-state index contributed by atoms with van der Waals surface area (Å²) >= 11 is 0. The van der Waals surface area contributed by atoms with Gasteiger partial charge in [-0.2, -0.15) is 0 Å². The summed E-state index contributed by atoms with van der Waals surface area (Å²) in [4.78, 5) is 15.1. The van der Waals surface area contributed by atoms with E-state index in [1.54, 1.807) is 0 Å². The van der Waals surface area contributed by atoms with Crippen LogP contribution in [0, 0.1) is 10.1 Å². The SMILES string of the molecule is CCNC(=NCCNc1ccc(S(C)(=O)=O)cc1[N+](=O)[O-])NC1CCCC1.I. The largest absolute Gasteiger partial charge is 0.378 e. The predicted molar refractivity (Wildman–Crippen MR) is 121 cm³/mol.